The molecule has 1 aromatic heterocycles. The van der Waals surface area contributed by atoms with E-state index >= 15 is 0 Å². The van der Waals surface area contributed by atoms with Crippen molar-refractivity contribution in [3.05, 3.63) is 53.4 Å². The Bertz CT molecular complexity index is 520. The number of hydrogen-bond acceptors (Lipinski definition) is 3. The van der Waals surface area contributed by atoms with E-state index in [4.69, 9.17) is 4.52 Å². The molecular weight excluding hydrogens is 228 g/mol. The molecule has 1 amide bonds. The molecule has 0 spiro atoms. The van der Waals surface area contributed by atoms with Gasteiger partial charge < -0.3 is 9.42 Å². The molecule has 0 N–H and O–H groups in total. The number of nitrogens with zero attached hydrogens (tertiary/aromatic N) is 2. The van der Waals surface area contributed by atoms with Gasteiger partial charge in [-0.3, -0.25) is 4.79 Å². The molecule has 0 bridgehead atoms. The lowest BCUT2D eigenvalue weighted by Gasteiger charge is -2.15. The van der Waals surface area contributed by atoms with Gasteiger partial charge in [0.1, 0.15) is 5.76 Å². The second-order valence-electron chi connectivity index (χ2n) is 4.18. The summed E-state index contributed by atoms with van der Waals surface area (Å²) in [6.45, 7) is 2.52. The van der Waals surface area contributed by atoms with Gasteiger partial charge in [-0.1, -0.05) is 42.4 Å². The first-order chi connectivity index (χ1) is 8.70. The maximum Gasteiger partial charge on any atom is 0.276 e. The fourth-order valence-corrected chi connectivity index (χ4v) is 1.71. The normalized spacial score (nSPS) is 10.3. The van der Waals surface area contributed by atoms with Crippen LogP contribution in [-0.4, -0.2) is 23.0 Å². The first-order valence-corrected chi connectivity index (χ1v) is 5.95. The molecule has 18 heavy (non-hydrogen) atoms. The summed E-state index contributed by atoms with van der Waals surface area (Å²) in [5.41, 5.74) is 1.46. The number of aromatic nitrogens is 1. The summed E-state index contributed by atoms with van der Waals surface area (Å²) < 4.78 is 5.04. The fourth-order valence-electron chi connectivity index (χ4n) is 1.71. The van der Waals surface area contributed by atoms with E-state index in [1.54, 1.807) is 18.0 Å². The van der Waals surface area contributed by atoms with E-state index in [9.17, 15) is 4.79 Å². The van der Waals surface area contributed by atoms with Gasteiger partial charge in [-0.2, -0.15) is 0 Å². The van der Waals surface area contributed by atoms with E-state index in [1.807, 2.05) is 37.3 Å². The Balaban J connectivity index is 2.05. The van der Waals surface area contributed by atoms with Gasteiger partial charge in [-0.25, -0.2) is 0 Å². The van der Waals surface area contributed by atoms with Crippen LogP contribution in [0, 0.1) is 0 Å². The molecule has 2 rings (SSSR count). The number of aryl methyl sites for hydroxylation is 1. The summed E-state index contributed by atoms with van der Waals surface area (Å²) in [6, 6.07) is 11.5. The molecule has 0 fully saturated rings. The molecule has 2 aromatic rings. The zero-order chi connectivity index (χ0) is 13.0. The molecule has 0 radical (unpaired) electrons. The van der Waals surface area contributed by atoms with Crippen LogP contribution in [0.4, 0.5) is 0 Å². The van der Waals surface area contributed by atoms with Crippen molar-refractivity contribution in [3.63, 3.8) is 0 Å². The van der Waals surface area contributed by atoms with Crippen molar-refractivity contribution in [3.8, 4) is 0 Å². The third-order valence-electron chi connectivity index (χ3n) is 2.74. The molecule has 0 saturated heterocycles. The molecule has 4 nitrogen and oxygen atoms in total. The molecule has 0 saturated carbocycles. The van der Waals surface area contributed by atoms with E-state index in [2.05, 4.69) is 5.16 Å². The Morgan fingerprint density at radius 2 is 2.06 bits per heavy atom. The van der Waals surface area contributed by atoms with Gasteiger partial charge in [0, 0.05) is 26.1 Å². The molecular formula is C14H16N2O2. The van der Waals surface area contributed by atoms with Crippen LogP contribution < -0.4 is 0 Å². The first kappa shape index (κ1) is 12.4. The van der Waals surface area contributed by atoms with Gasteiger partial charge in [0.05, 0.1) is 0 Å². The van der Waals surface area contributed by atoms with Gasteiger partial charge in [0.25, 0.3) is 5.91 Å². The van der Waals surface area contributed by atoms with Crippen molar-refractivity contribution >= 4 is 5.91 Å². The van der Waals surface area contributed by atoms with Crippen molar-refractivity contribution in [2.75, 3.05) is 7.05 Å². The Kier molecular flexibility index (Phi) is 3.77. The van der Waals surface area contributed by atoms with Gasteiger partial charge in [0.15, 0.2) is 5.69 Å². The van der Waals surface area contributed by atoms with Crippen molar-refractivity contribution in [2.45, 2.75) is 19.9 Å². The van der Waals surface area contributed by atoms with Crippen molar-refractivity contribution in [2.24, 2.45) is 0 Å². The summed E-state index contributed by atoms with van der Waals surface area (Å²) in [7, 11) is 1.76. The quantitative estimate of drug-likeness (QED) is 0.830. The van der Waals surface area contributed by atoms with Crippen LogP contribution in [0.3, 0.4) is 0 Å². The summed E-state index contributed by atoms with van der Waals surface area (Å²) in [6.07, 6.45) is 0.739. The minimum absolute atomic E-state index is 0.123. The lowest BCUT2D eigenvalue weighted by molar-refractivity contribution is 0.0774. The largest absolute Gasteiger partial charge is 0.361 e. The topological polar surface area (TPSA) is 46.3 Å². The molecule has 0 atom stereocenters. The fraction of sp³-hybridized carbons (Fsp3) is 0.286. The summed E-state index contributed by atoms with van der Waals surface area (Å²) in [5, 5.41) is 3.78. The first-order valence-electron chi connectivity index (χ1n) is 5.95. The molecule has 0 unspecified atom stereocenters. The number of hydrogen-bond donors (Lipinski definition) is 0. The summed E-state index contributed by atoms with van der Waals surface area (Å²) in [4.78, 5) is 13.7. The zero-order valence-electron chi connectivity index (χ0n) is 10.6. The number of carbonyl (C=O) groups excluding carboxylic acids is 1. The van der Waals surface area contributed by atoms with Gasteiger partial charge in [0.2, 0.25) is 0 Å². The lowest BCUT2D eigenvalue weighted by Crippen LogP contribution is -2.26. The predicted octanol–water partition coefficient (Wildman–Crippen LogP) is 2.51. The number of carbonyl (C=O) groups is 1. The van der Waals surface area contributed by atoms with Crippen LogP contribution in [0.15, 0.2) is 40.9 Å². The Labute approximate surface area is 106 Å². The van der Waals surface area contributed by atoms with Crippen molar-refractivity contribution < 1.29 is 9.32 Å². The second kappa shape index (κ2) is 5.49. The Morgan fingerprint density at radius 1 is 1.33 bits per heavy atom. The van der Waals surface area contributed by atoms with E-state index in [1.165, 1.54) is 0 Å². The van der Waals surface area contributed by atoms with Crippen LogP contribution in [0.5, 0.6) is 0 Å². The van der Waals surface area contributed by atoms with Crippen LogP contribution in [-0.2, 0) is 13.0 Å². The average molecular weight is 244 g/mol. The van der Waals surface area contributed by atoms with Crippen molar-refractivity contribution in [1.82, 2.24) is 10.1 Å². The third kappa shape index (κ3) is 2.77. The molecule has 0 aliphatic heterocycles. The SMILES string of the molecule is CCc1cc(C(=O)N(C)Cc2ccccc2)no1. The average Bonchev–Trinajstić information content (AvgIpc) is 2.87. The van der Waals surface area contributed by atoms with E-state index in [0.717, 1.165) is 17.7 Å². The van der Waals surface area contributed by atoms with E-state index < -0.39 is 0 Å². The highest BCUT2D eigenvalue weighted by Crippen LogP contribution is 2.09. The maximum atomic E-state index is 12.1. The van der Waals surface area contributed by atoms with Crippen LogP contribution in [0.25, 0.3) is 0 Å². The minimum atomic E-state index is -0.123. The molecule has 94 valence electrons. The molecule has 0 aliphatic carbocycles. The Morgan fingerprint density at radius 3 is 2.67 bits per heavy atom. The minimum Gasteiger partial charge on any atom is -0.361 e. The van der Waals surface area contributed by atoms with Crippen LogP contribution in [0.1, 0.15) is 28.7 Å². The van der Waals surface area contributed by atoms with Gasteiger partial charge in [-0.05, 0) is 5.56 Å². The van der Waals surface area contributed by atoms with Gasteiger partial charge in [-0.15, -0.1) is 0 Å². The molecule has 1 heterocycles. The Hall–Kier alpha value is -2.10. The number of rotatable bonds is 4. The van der Waals surface area contributed by atoms with Crippen molar-refractivity contribution in [1.29, 1.82) is 0 Å². The second-order valence-corrected chi connectivity index (χ2v) is 4.18. The molecule has 0 aliphatic rings. The molecule has 4 heteroatoms. The zero-order valence-corrected chi connectivity index (χ0v) is 10.6. The lowest BCUT2D eigenvalue weighted by atomic mass is 10.2. The maximum absolute atomic E-state index is 12.1. The molecule has 1 aromatic carbocycles. The summed E-state index contributed by atoms with van der Waals surface area (Å²) >= 11 is 0. The number of amides is 1. The smallest absolute Gasteiger partial charge is 0.276 e. The van der Waals surface area contributed by atoms with E-state index in [-0.39, 0.29) is 5.91 Å². The predicted molar refractivity (Wildman–Crippen MR) is 68.1 cm³/mol. The van der Waals surface area contributed by atoms with Crippen LogP contribution >= 0.6 is 0 Å². The monoisotopic (exact) mass is 244 g/mol. The highest BCUT2D eigenvalue weighted by Gasteiger charge is 2.16. The van der Waals surface area contributed by atoms with Crippen LogP contribution in [0.2, 0.25) is 0 Å². The third-order valence-corrected chi connectivity index (χ3v) is 2.74. The highest BCUT2D eigenvalue weighted by molar-refractivity contribution is 5.92. The summed E-state index contributed by atoms with van der Waals surface area (Å²) in [5.74, 6) is 0.605. The highest BCUT2D eigenvalue weighted by atomic mass is 16.5. The van der Waals surface area contributed by atoms with E-state index in [0.29, 0.717) is 12.2 Å². The van der Waals surface area contributed by atoms with Gasteiger partial charge >= 0.3 is 0 Å². The number of benzene rings is 1. The standard InChI is InChI=1S/C14H16N2O2/c1-3-12-9-13(15-18-12)14(17)16(2)10-11-7-5-4-6-8-11/h4-9H,3,10H2,1-2H3.